The summed E-state index contributed by atoms with van der Waals surface area (Å²) >= 11 is 0. The molecule has 41 heavy (non-hydrogen) atoms. The third kappa shape index (κ3) is 6.19. The molecule has 0 unspecified atom stereocenters. The van der Waals surface area contributed by atoms with Crippen LogP contribution in [0.2, 0.25) is 0 Å². The molecule has 11 nitrogen and oxygen atoms in total. The molecule has 1 aromatic heterocycles. The molecule has 3 aromatic rings. The Morgan fingerprint density at radius 3 is 2.29 bits per heavy atom. The number of rotatable bonds is 9. The molecule has 3 heterocycles. The van der Waals surface area contributed by atoms with Crippen LogP contribution in [0, 0.1) is 6.92 Å². The highest BCUT2D eigenvalue weighted by Gasteiger charge is 2.32. The lowest BCUT2D eigenvalue weighted by atomic mass is 10.1. The molecule has 214 valence electrons. The number of amides is 5. The summed E-state index contributed by atoms with van der Waals surface area (Å²) in [4.78, 5) is 57.0. The van der Waals surface area contributed by atoms with E-state index in [0.717, 1.165) is 31.9 Å². The van der Waals surface area contributed by atoms with Gasteiger partial charge >= 0.3 is 6.03 Å². The molecule has 5 amide bonds. The van der Waals surface area contributed by atoms with Gasteiger partial charge in [-0.3, -0.25) is 19.3 Å². The zero-order valence-corrected chi connectivity index (χ0v) is 23.3. The van der Waals surface area contributed by atoms with Crippen LogP contribution >= 0.6 is 0 Å². The summed E-state index contributed by atoms with van der Waals surface area (Å²) in [5.41, 5.74) is 4.17. The van der Waals surface area contributed by atoms with Crippen LogP contribution < -0.4 is 20.4 Å². The summed E-state index contributed by atoms with van der Waals surface area (Å²) in [6.07, 6.45) is 1.87. The number of aryl methyl sites for hydroxylation is 1. The first-order valence-electron chi connectivity index (χ1n) is 13.7. The van der Waals surface area contributed by atoms with Gasteiger partial charge in [-0.1, -0.05) is 18.2 Å². The highest BCUT2D eigenvalue weighted by Crippen LogP contribution is 2.30. The number of benzene rings is 2. The minimum atomic E-state index is -0.405. The van der Waals surface area contributed by atoms with Gasteiger partial charge in [-0.05, 0) is 55.3 Å². The monoisotopic (exact) mass is 558 g/mol. The molecule has 2 aliphatic heterocycles. The molecular formula is C30H34N6O5. The summed E-state index contributed by atoms with van der Waals surface area (Å²) in [6.45, 7) is 5.82. The second-order valence-electron chi connectivity index (χ2n) is 10.2. The molecule has 0 saturated carbocycles. The minimum absolute atomic E-state index is 0.0744. The Kier molecular flexibility index (Phi) is 8.23. The number of urea groups is 1. The molecule has 2 N–H and O–H groups in total. The maximum Gasteiger partial charge on any atom is 0.326 e. The lowest BCUT2D eigenvalue weighted by molar-refractivity contribution is -0.125. The van der Waals surface area contributed by atoms with Gasteiger partial charge in [0.2, 0.25) is 5.91 Å². The van der Waals surface area contributed by atoms with Gasteiger partial charge in [0.1, 0.15) is 6.54 Å². The van der Waals surface area contributed by atoms with E-state index in [1.165, 1.54) is 27.3 Å². The second kappa shape index (κ2) is 12.2. The fourth-order valence-electron chi connectivity index (χ4n) is 5.18. The van der Waals surface area contributed by atoms with E-state index in [0.29, 0.717) is 17.7 Å². The van der Waals surface area contributed by atoms with Crippen LogP contribution in [0.5, 0.6) is 0 Å². The molecule has 2 fully saturated rings. The topological polar surface area (TPSA) is 118 Å². The smallest absolute Gasteiger partial charge is 0.326 e. The molecule has 2 aliphatic rings. The van der Waals surface area contributed by atoms with Crippen molar-refractivity contribution < 1.29 is 23.6 Å². The zero-order valence-electron chi connectivity index (χ0n) is 23.3. The number of imide groups is 1. The predicted molar refractivity (Wildman–Crippen MR) is 155 cm³/mol. The molecule has 11 heteroatoms. The summed E-state index contributed by atoms with van der Waals surface area (Å²) in [5, 5.41) is 5.77. The summed E-state index contributed by atoms with van der Waals surface area (Å²) < 4.78 is 5.27. The molecule has 0 radical (unpaired) electrons. The van der Waals surface area contributed by atoms with Crippen LogP contribution in [-0.2, 0) is 4.79 Å². The van der Waals surface area contributed by atoms with Gasteiger partial charge in [0.25, 0.3) is 11.8 Å². The van der Waals surface area contributed by atoms with Gasteiger partial charge in [0.15, 0.2) is 5.76 Å². The molecule has 2 saturated heterocycles. The quantitative estimate of drug-likeness (QED) is 0.306. The number of likely N-dealkylation sites (N-methyl/N-ethyl adjacent to an activating group) is 1. The van der Waals surface area contributed by atoms with E-state index in [4.69, 9.17) is 4.42 Å². The SMILES string of the molecule is Cc1ccccc1N1CCN(c2ccc(C(=O)NCCCN3C(=O)CN(C)C3=O)cc2NC(=O)c2ccco2)CC1. The number of nitrogens with zero attached hydrogens (tertiary/aromatic N) is 4. The molecule has 5 rings (SSSR count). The van der Waals surface area contributed by atoms with Crippen LogP contribution in [0.15, 0.2) is 65.3 Å². The zero-order chi connectivity index (χ0) is 28.9. The van der Waals surface area contributed by atoms with Gasteiger partial charge in [-0.15, -0.1) is 0 Å². The number of para-hydroxylation sites is 1. The van der Waals surface area contributed by atoms with Crippen molar-refractivity contribution in [3.05, 3.63) is 77.7 Å². The van der Waals surface area contributed by atoms with E-state index in [1.807, 2.05) is 18.2 Å². The van der Waals surface area contributed by atoms with E-state index in [9.17, 15) is 19.2 Å². The standard InChI is InChI=1S/C30H34N6O5/c1-21-7-3-4-8-24(21)34-14-16-35(17-15-34)25-11-10-22(19-23(25)32-29(39)26-9-5-18-41-26)28(38)31-12-6-13-36-27(37)20-33(2)30(36)40/h3-5,7-11,18-19H,6,12-17,20H2,1-2H3,(H,31,38)(H,32,39). The number of carbonyl (C=O) groups is 4. The molecular weight excluding hydrogens is 524 g/mol. The summed E-state index contributed by atoms with van der Waals surface area (Å²) in [5.74, 6) is -0.786. The van der Waals surface area contributed by atoms with E-state index in [1.54, 1.807) is 31.3 Å². The average Bonchev–Trinajstić information content (AvgIpc) is 3.60. The lowest BCUT2D eigenvalue weighted by Gasteiger charge is -2.38. The maximum atomic E-state index is 13.0. The summed E-state index contributed by atoms with van der Waals surface area (Å²) in [7, 11) is 1.58. The van der Waals surface area contributed by atoms with Crippen molar-refractivity contribution in [1.29, 1.82) is 0 Å². The molecule has 0 spiro atoms. The Morgan fingerprint density at radius 1 is 0.902 bits per heavy atom. The van der Waals surface area contributed by atoms with Crippen LogP contribution in [0.1, 0.15) is 32.9 Å². The normalized spacial score (nSPS) is 15.5. The minimum Gasteiger partial charge on any atom is -0.459 e. The third-order valence-corrected chi connectivity index (χ3v) is 7.40. The van der Waals surface area contributed by atoms with Crippen LogP contribution in [0.4, 0.5) is 21.9 Å². The van der Waals surface area contributed by atoms with Crippen molar-refractivity contribution in [2.24, 2.45) is 0 Å². The Balaban J connectivity index is 1.26. The van der Waals surface area contributed by atoms with Crippen molar-refractivity contribution in [3.63, 3.8) is 0 Å². The Bertz CT molecular complexity index is 1430. The van der Waals surface area contributed by atoms with E-state index >= 15 is 0 Å². The van der Waals surface area contributed by atoms with E-state index in [2.05, 4.69) is 39.5 Å². The van der Waals surface area contributed by atoms with Crippen molar-refractivity contribution in [1.82, 2.24) is 15.1 Å². The van der Waals surface area contributed by atoms with Crippen LogP contribution in [0.3, 0.4) is 0 Å². The summed E-state index contributed by atoms with van der Waals surface area (Å²) in [6, 6.07) is 16.5. The highest BCUT2D eigenvalue weighted by molar-refractivity contribution is 6.06. The number of piperazine rings is 1. The first-order chi connectivity index (χ1) is 19.8. The second-order valence-corrected chi connectivity index (χ2v) is 10.2. The van der Waals surface area contributed by atoms with Gasteiger partial charge in [0, 0.05) is 57.6 Å². The Labute approximate surface area is 238 Å². The average molecular weight is 559 g/mol. The number of nitrogens with one attached hydrogen (secondary N) is 2. The number of carbonyl (C=O) groups excluding carboxylic acids is 4. The lowest BCUT2D eigenvalue weighted by Crippen LogP contribution is -2.47. The molecule has 0 aliphatic carbocycles. The number of hydrogen-bond donors (Lipinski definition) is 2. The van der Waals surface area contributed by atoms with Crippen molar-refractivity contribution in [2.45, 2.75) is 13.3 Å². The Hall–Kier alpha value is -4.80. The van der Waals surface area contributed by atoms with Gasteiger partial charge in [-0.2, -0.15) is 0 Å². The van der Waals surface area contributed by atoms with Crippen molar-refractivity contribution in [2.75, 3.05) is 68.0 Å². The van der Waals surface area contributed by atoms with Crippen LogP contribution in [0.25, 0.3) is 0 Å². The highest BCUT2D eigenvalue weighted by atomic mass is 16.3. The maximum absolute atomic E-state index is 13.0. The third-order valence-electron chi connectivity index (χ3n) is 7.40. The van der Waals surface area contributed by atoms with Gasteiger partial charge in [-0.25, -0.2) is 4.79 Å². The largest absolute Gasteiger partial charge is 0.459 e. The van der Waals surface area contributed by atoms with E-state index in [-0.39, 0.29) is 43.2 Å². The number of hydrogen-bond acceptors (Lipinski definition) is 7. The Morgan fingerprint density at radius 2 is 1.63 bits per heavy atom. The van der Waals surface area contributed by atoms with Crippen molar-refractivity contribution >= 4 is 40.8 Å². The first-order valence-corrected chi connectivity index (χ1v) is 13.7. The van der Waals surface area contributed by atoms with Gasteiger partial charge in [0.05, 0.1) is 17.6 Å². The molecule has 2 aromatic carbocycles. The molecule has 0 bridgehead atoms. The van der Waals surface area contributed by atoms with Crippen LogP contribution in [-0.4, -0.2) is 86.4 Å². The fourth-order valence-corrected chi connectivity index (χ4v) is 5.18. The number of furan rings is 1. The predicted octanol–water partition coefficient (Wildman–Crippen LogP) is 3.18. The van der Waals surface area contributed by atoms with E-state index < -0.39 is 5.91 Å². The number of anilines is 3. The van der Waals surface area contributed by atoms with Crippen molar-refractivity contribution in [3.8, 4) is 0 Å². The molecule has 0 atom stereocenters. The van der Waals surface area contributed by atoms with Gasteiger partial charge < -0.3 is 29.8 Å². The fraction of sp³-hybridized carbons (Fsp3) is 0.333. The first kappa shape index (κ1) is 27.8.